The molecule has 1 atom stereocenters. The number of benzene rings is 1. The molecule has 0 spiro atoms. The standard InChI is InChI=1S/C23H20N6OS/c1-14(26-22-21-17(10-7-11-24-21)28(3)13-25-22)18-12-19-20(15(2)27-31-19)23(30)29(18)16-8-5-4-6-9-16/h4-14H,1-3H3/p+1. The van der Waals surface area contributed by atoms with Crippen LogP contribution in [0.5, 0.6) is 0 Å². The SMILES string of the molecule is Cc1nsc2cc(C(C)Nc3nc[n+](C)c4cccnc34)n(-c3ccccc3)c(=O)c12. The Morgan fingerprint density at radius 3 is 2.74 bits per heavy atom. The molecule has 31 heavy (non-hydrogen) atoms. The number of anilines is 1. The van der Waals surface area contributed by atoms with Gasteiger partial charge in [0.15, 0.2) is 11.0 Å². The fourth-order valence-electron chi connectivity index (χ4n) is 3.85. The molecule has 0 fully saturated rings. The smallest absolute Gasteiger partial charge is 0.289 e. The summed E-state index contributed by atoms with van der Waals surface area (Å²) < 4.78 is 8.99. The second-order valence-corrected chi connectivity index (χ2v) is 8.30. The minimum atomic E-state index is -0.204. The second kappa shape index (κ2) is 7.55. The van der Waals surface area contributed by atoms with Crippen molar-refractivity contribution in [2.75, 3.05) is 5.32 Å². The van der Waals surface area contributed by atoms with E-state index in [0.717, 1.165) is 32.8 Å². The Morgan fingerprint density at radius 1 is 1.13 bits per heavy atom. The number of nitrogens with one attached hydrogen (secondary N) is 1. The third kappa shape index (κ3) is 3.25. The first-order valence-corrected chi connectivity index (χ1v) is 10.7. The molecule has 1 N–H and O–H groups in total. The number of aryl methyl sites for hydroxylation is 2. The Bertz CT molecular complexity index is 1470. The maximum absolute atomic E-state index is 13.5. The lowest BCUT2D eigenvalue weighted by atomic mass is 10.1. The Kier molecular flexibility index (Phi) is 4.71. The number of fused-ring (bicyclic) bond motifs is 2. The number of nitrogens with zero attached hydrogens (tertiary/aromatic N) is 5. The van der Waals surface area contributed by atoms with Gasteiger partial charge < -0.3 is 5.32 Å². The summed E-state index contributed by atoms with van der Waals surface area (Å²) in [6.07, 6.45) is 3.52. The van der Waals surface area contributed by atoms with E-state index in [1.165, 1.54) is 11.5 Å². The molecule has 154 valence electrons. The Balaban J connectivity index is 1.68. The molecule has 7 nitrogen and oxygen atoms in total. The van der Waals surface area contributed by atoms with E-state index in [1.807, 2.05) is 74.0 Å². The summed E-state index contributed by atoms with van der Waals surface area (Å²) in [5.74, 6) is 0.675. The van der Waals surface area contributed by atoms with Crippen LogP contribution in [0, 0.1) is 6.92 Å². The molecule has 8 heteroatoms. The van der Waals surface area contributed by atoms with Gasteiger partial charge in [-0.15, -0.1) is 0 Å². The van der Waals surface area contributed by atoms with Crippen LogP contribution in [0.1, 0.15) is 24.4 Å². The molecule has 1 aromatic carbocycles. The first-order valence-electron chi connectivity index (χ1n) is 9.98. The van der Waals surface area contributed by atoms with Crippen LogP contribution < -0.4 is 15.4 Å². The predicted molar refractivity (Wildman–Crippen MR) is 123 cm³/mol. The molecular weight excluding hydrogens is 408 g/mol. The van der Waals surface area contributed by atoms with Crippen molar-refractivity contribution >= 4 is 38.5 Å². The number of hydrogen-bond acceptors (Lipinski definition) is 6. The highest BCUT2D eigenvalue weighted by Crippen LogP contribution is 2.27. The summed E-state index contributed by atoms with van der Waals surface area (Å²) in [6, 6.07) is 15.4. The Morgan fingerprint density at radius 2 is 1.94 bits per heavy atom. The molecule has 0 aliphatic carbocycles. The van der Waals surface area contributed by atoms with Crippen LogP contribution in [0.2, 0.25) is 0 Å². The van der Waals surface area contributed by atoms with E-state index < -0.39 is 0 Å². The first kappa shape index (κ1) is 19.3. The van der Waals surface area contributed by atoms with E-state index in [9.17, 15) is 4.79 Å². The van der Waals surface area contributed by atoms with Gasteiger partial charge in [0.2, 0.25) is 0 Å². The van der Waals surface area contributed by atoms with Gasteiger partial charge in [-0.05, 0) is 60.7 Å². The second-order valence-electron chi connectivity index (χ2n) is 7.49. The summed E-state index contributed by atoms with van der Waals surface area (Å²) in [5.41, 5.74) is 4.11. The van der Waals surface area contributed by atoms with Gasteiger partial charge in [0.1, 0.15) is 0 Å². The molecule has 4 heterocycles. The molecule has 0 saturated carbocycles. The van der Waals surface area contributed by atoms with Crippen molar-refractivity contribution < 1.29 is 4.57 Å². The third-order valence-corrected chi connectivity index (χ3v) is 6.29. The van der Waals surface area contributed by atoms with Crippen molar-refractivity contribution in [1.82, 2.24) is 18.9 Å². The summed E-state index contributed by atoms with van der Waals surface area (Å²) in [4.78, 5) is 22.6. The minimum absolute atomic E-state index is 0.0611. The van der Waals surface area contributed by atoms with E-state index in [0.29, 0.717) is 11.2 Å². The normalized spacial score (nSPS) is 12.4. The number of aromatic nitrogens is 5. The van der Waals surface area contributed by atoms with Crippen LogP contribution in [0.25, 0.3) is 26.8 Å². The van der Waals surface area contributed by atoms with Crippen LogP contribution in [0.15, 0.2) is 65.8 Å². The molecular formula is C23H21N6OS+. The molecule has 4 aromatic heterocycles. The molecule has 0 radical (unpaired) electrons. The number of pyridine rings is 2. The largest absolute Gasteiger partial charge is 0.339 e. The fourth-order valence-corrected chi connectivity index (χ4v) is 4.68. The van der Waals surface area contributed by atoms with Crippen molar-refractivity contribution in [2.24, 2.45) is 7.05 Å². The zero-order valence-electron chi connectivity index (χ0n) is 17.4. The van der Waals surface area contributed by atoms with E-state index in [-0.39, 0.29) is 11.6 Å². The Hall–Kier alpha value is -3.65. The van der Waals surface area contributed by atoms with Gasteiger partial charge >= 0.3 is 0 Å². The number of hydrogen-bond donors (Lipinski definition) is 1. The van der Waals surface area contributed by atoms with Gasteiger partial charge in [0.25, 0.3) is 17.7 Å². The lowest BCUT2D eigenvalue weighted by Gasteiger charge is -2.20. The molecule has 0 saturated heterocycles. The Labute approximate surface area is 182 Å². The van der Waals surface area contributed by atoms with E-state index in [2.05, 4.69) is 19.7 Å². The van der Waals surface area contributed by atoms with Crippen molar-refractivity contribution in [3.05, 3.63) is 82.8 Å². The maximum Gasteiger partial charge on any atom is 0.289 e. The summed E-state index contributed by atoms with van der Waals surface area (Å²) in [7, 11) is 1.94. The quantitative estimate of drug-likeness (QED) is 0.441. The zero-order valence-corrected chi connectivity index (χ0v) is 18.2. The highest BCUT2D eigenvalue weighted by atomic mass is 32.1. The van der Waals surface area contributed by atoms with Gasteiger partial charge in [-0.3, -0.25) is 9.36 Å². The highest BCUT2D eigenvalue weighted by molar-refractivity contribution is 7.13. The van der Waals surface area contributed by atoms with Crippen molar-refractivity contribution in [3.8, 4) is 5.69 Å². The van der Waals surface area contributed by atoms with E-state index in [1.54, 1.807) is 17.1 Å². The number of para-hydroxylation sites is 1. The topological polar surface area (TPSA) is 76.6 Å². The van der Waals surface area contributed by atoms with Crippen LogP contribution in [-0.2, 0) is 7.05 Å². The van der Waals surface area contributed by atoms with Gasteiger partial charge in [0.05, 0.1) is 28.9 Å². The van der Waals surface area contributed by atoms with Crippen molar-refractivity contribution in [2.45, 2.75) is 19.9 Å². The average Bonchev–Trinajstić information content (AvgIpc) is 3.17. The summed E-state index contributed by atoms with van der Waals surface area (Å²) in [6.45, 7) is 3.90. The van der Waals surface area contributed by atoms with Crippen LogP contribution in [0.4, 0.5) is 5.82 Å². The monoisotopic (exact) mass is 429 g/mol. The molecule has 0 aliphatic heterocycles. The van der Waals surface area contributed by atoms with E-state index >= 15 is 0 Å². The van der Waals surface area contributed by atoms with Crippen molar-refractivity contribution in [1.29, 1.82) is 0 Å². The molecule has 1 unspecified atom stereocenters. The predicted octanol–water partition coefficient (Wildman–Crippen LogP) is 3.70. The number of rotatable bonds is 4. The summed E-state index contributed by atoms with van der Waals surface area (Å²) >= 11 is 1.35. The summed E-state index contributed by atoms with van der Waals surface area (Å²) in [5, 5.41) is 4.14. The van der Waals surface area contributed by atoms with Gasteiger partial charge in [-0.2, -0.15) is 4.37 Å². The van der Waals surface area contributed by atoms with Gasteiger partial charge in [0, 0.05) is 17.6 Å². The highest BCUT2D eigenvalue weighted by Gasteiger charge is 2.22. The van der Waals surface area contributed by atoms with Crippen LogP contribution in [0.3, 0.4) is 0 Å². The van der Waals surface area contributed by atoms with Crippen LogP contribution in [-0.4, -0.2) is 18.9 Å². The molecule has 5 rings (SSSR count). The zero-order chi connectivity index (χ0) is 21.5. The van der Waals surface area contributed by atoms with Crippen molar-refractivity contribution in [3.63, 3.8) is 0 Å². The minimum Gasteiger partial charge on any atom is -0.339 e. The molecule has 5 aromatic rings. The third-order valence-electron chi connectivity index (χ3n) is 5.41. The van der Waals surface area contributed by atoms with Gasteiger partial charge in [-0.25, -0.2) is 9.55 Å². The van der Waals surface area contributed by atoms with Gasteiger partial charge in [-0.1, -0.05) is 18.2 Å². The maximum atomic E-state index is 13.5. The molecule has 0 bridgehead atoms. The van der Waals surface area contributed by atoms with E-state index in [4.69, 9.17) is 0 Å². The molecule has 0 amide bonds. The van der Waals surface area contributed by atoms with Crippen LogP contribution >= 0.6 is 11.5 Å². The molecule has 0 aliphatic rings. The lowest BCUT2D eigenvalue weighted by Crippen LogP contribution is -2.30. The lowest BCUT2D eigenvalue weighted by molar-refractivity contribution is -0.647. The fraction of sp³-hybridized carbons (Fsp3) is 0.174. The average molecular weight is 430 g/mol. The first-order chi connectivity index (χ1) is 15.0.